The van der Waals surface area contributed by atoms with Gasteiger partial charge in [0.2, 0.25) is 5.91 Å². The minimum absolute atomic E-state index is 0.159. The fourth-order valence-electron chi connectivity index (χ4n) is 2.92. The number of hydrogen-bond donors (Lipinski definition) is 1. The van der Waals surface area contributed by atoms with Gasteiger partial charge in [-0.3, -0.25) is 9.48 Å². The Bertz CT molecular complexity index is 805. The van der Waals surface area contributed by atoms with Gasteiger partial charge in [-0.2, -0.15) is 5.10 Å². The molecule has 2 aromatic heterocycles. The molecule has 2 rings (SSSR count). The molecule has 0 spiro atoms. The van der Waals surface area contributed by atoms with Crippen LogP contribution in [0.5, 0.6) is 0 Å². The van der Waals surface area contributed by atoms with Crippen molar-refractivity contribution in [1.82, 2.24) is 9.78 Å². The van der Waals surface area contributed by atoms with Crippen molar-refractivity contribution in [2.75, 3.05) is 11.9 Å². The maximum absolute atomic E-state index is 12.5. The quantitative estimate of drug-likeness (QED) is 0.799. The molecule has 0 atom stereocenters. The second-order valence-corrected chi connectivity index (χ2v) is 7.14. The fraction of sp³-hybridized carbons (Fsp3) is 0.500. The number of aryl methyl sites for hydroxylation is 3. The minimum Gasteiger partial charge on any atom is -0.462 e. The Balaban J connectivity index is 2.27. The maximum Gasteiger partial charge on any atom is 0.341 e. The van der Waals surface area contributed by atoms with Crippen LogP contribution in [0, 0.1) is 20.8 Å². The Labute approximate surface area is 152 Å². The monoisotopic (exact) mass is 363 g/mol. The van der Waals surface area contributed by atoms with Crippen LogP contribution in [0.15, 0.2) is 0 Å². The molecule has 0 unspecified atom stereocenters. The first-order chi connectivity index (χ1) is 11.8. The first kappa shape index (κ1) is 19.2. The van der Waals surface area contributed by atoms with E-state index in [0.29, 0.717) is 23.6 Å². The van der Waals surface area contributed by atoms with Crippen LogP contribution < -0.4 is 5.32 Å². The first-order valence-corrected chi connectivity index (χ1v) is 9.20. The van der Waals surface area contributed by atoms with Gasteiger partial charge in [0.25, 0.3) is 0 Å². The highest BCUT2D eigenvalue weighted by molar-refractivity contribution is 7.16. The van der Waals surface area contributed by atoms with Gasteiger partial charge in [0, 0.05) is 23.2 Å². The molecule has 0 fully saturated rings. The second-order valence-electron chi connectivity index (χ2n) is 5.91. The van der Waals surface area contributed by atoms with E-state index >= 15 is 0 Å². The van der Waals surface area contributed by atoms with Crippen LogP contribution in [0.4, 0.5) is 5.00 Å². The van der Waals surface area contributed by atoms with Gasteiger partial charge in [-0.15, -0.1) is 11.3 Å². The van der Waals surface area contributed by atoms with Crippen molar-refractivity contribution in [3.8, 4) is 0 Å². The number of ether oxygens (including phenoxy) is 1. The van der Waals surface area contributed by atoms with Crippen LogP contribution in [-0.2, 0) is 29.4 Å². The molecule has 0 aliphatic carbocycles. The maximum atomic E-state index is 12.5. The summed E-state index contributed by atoms with van der Waals surface area (Å²) in [4.78, 5) is 25.9. The lowest BCUT2D eigenvalue weighted by Crippen LogP contribution is -2.17. The van der Waals surface area contributed by atoms with Gasteiger partial charge in [0.1, 0.15) is 5.00 Å². The number of carbonyl (C=O) groups excluding carboxylic acids is 2. The molecule has 0 aliphatic rings. The van der Waals surface area contributed by atoms with E-state index in [9.17, 15) is 9.59 Å². The van der Waals surface area contributed by atoms with Crippen molar-refractivity contribution in [3.63, 3.8) is 0 Å². The van der Waals surface area contributed by atoms with Gasteiger partial charge in [0.05, 0.1) is 24.3 Å². The summed E-state index contributed by atoms with van der Waals surface area (Å²) in [7, 11) is 1.86. The van der Waals surface area contributed by atoms with E-state index in [1.807, 2.05) is 34.7 Å². The number of rotatable bonds is 6. The Morgan fingerprint density at radius 3 is 2.40 bits per heavy atom. The molecule has 0 aliphatic heterocycles. The number of thiophene rings is 1. The molecule has 0 radical (unpaired) electrons. The molecule has 6 nitrogen and oxygen atoms in total. The summed E-state index contributed by atoms with van der Waals surface area (Å²) in [5.74, 6) is -0.540. The topological polar surface area (TPSA) is 73.2 Å². The fourth-order valence-corrected chi connectivity index (χ4v) is 4.07. The Kier molecular flexibility index (Phi) is 6.00. The molecule has 0 bridgehead atoms. The lowest BCUT2D eigenvalue weighted by molar-refractivity contribution is -0.115. The summed E-state index contributed by atoms with van der Waals surface area (Å²) in [6, 6.07) is 0. The summed E-state index contributed by atoms with van der Waals surface area (Å²) in [6.45, 7) is 9.86. The van der Waals surface area contributed by atoms with E-state index in [2.05, 4.69) is 10.4 Å². The van der Waals surface area contributed by atoms with E-state index in [0.717, 1.165) is 27.4 Å². The summed E-state index contributed by atoms with van der Waals surface area (Å²) in [5.41, 5.74) is 4.15. The number of hydrogen-bond acceptors (Lipinski definition) is 5. The standard InChI is InChI=1S/C18H25N3O3S/c1-7-13-12(5)25-17(16(13)18(23)24-8-2)19-15(22)9-14-10(3)20-21(6)11(14)4/h7-9H2,1-6H3,(H,19,22). The van der Waals surface area contributed by atoms with E-state index < -0.39 is 0 Å². The highest BCUT2D eigenvalue weighted by atomic mass is 32.1. The van der Waals surface area contributed by atoms with Gasteiger partial charge in [-0.05, 0) is 39.7 Å². The zero-order valence-electron chi connectivity index (χ0n) is 15.6. The largest absolute Gasteiger partial charge is 0.462 e. The summed E-state index contributed by atoms with van der Waals surface area (Å²) >= 11 is 1.42. The van der Waals surface area contributed by atoms with Gasteiger partial charge in [0.15, 0.2) is 0 Å². The van der Waals surface area contributed by atoms with Crippen molar-refractivity contribution in [1.29, 1.82) is 0 Å². The smallest absolute Gasteiger partial charge is 0.341 e. The number of carbonyl (C=O) groups is 2. The Morgan fingerprint density at radius 1 is 1.20 bits per heavy atom. The molecule has 2 aromatic rings. The highest BCUT2D eigenvalue weighted by Crippen LogP contribution is 2.34. The van der Waals surface area contributed by atoms with Crippen LogP contribution in [0.3, 0.4) is 0 Å². The summed E-state index contributed by atoms with van der Waals surface area (Å²) in [6.07, 6.45) is 0.944. The number of nitrogens with zero attached hydrogens (tertiary/aromatic N) is 2. The number of aromatic nitrogens is 2. The van der Waals surface area contributed by atoms with Gasteiger partial charge < -0.3 is 10.1 Å². The molecule has 1 amide bonds. The van der Waals surface area contributed by atoms with Gasteiger partial charge in [-0.1, -0.05) is 6.92 Å². The Morgan fingerprint density at radius 2 is 1.88 bits per heavy atom. The predicted molar refractivity (Wildman–Crippen MR) is 99.4 cm³/mol. The summed E-state index contributed by atoms with van der Waals surface area (Å²) in [5, 5.41) is 7.80. The third-order valence-electron chi connectivity index (χ3n) is 4.29. The van der Waals surface area contributed by atoms with Crippen LogP contribution in [0.1, 0.15) is 51.6 Å². The van der Waals surface area contributed by atoms with Crippen molar-refractivity contribution < 1.29 is 14.3 Å². The lowest BCUT2D eigenvalue weighted by Gasteiger charge is -2.08. The minimum atomic E-state index is -0.382. The average Bonchev–Trinajstić information content (AvgIpc) is 2.98. The number of esters is 1. The molecule has 2 heterocycles. The molecule has 7 heteroatoms. The number of nitrogens with one attached hydrogen (secondary N) is 1. The van der Waals surface area contributed by atoms with Crippen molar-refractivity contribution >= 4 is 28.2 Å². The lowest BCUT2D eigenvalue weighted by atomic mass is 10.1. The third kappa shape index (κ3) is 3.92. The molecule has 0 saturated carbocycles. The zero-order valence-corrected chi connectivity index (χ0v) is 16.5. The van der Waals surface area contributed by atoms with Crippen LogP contribution in [0.2, 0.25) is 0 Å². The van der Waals surface area contributed by atoms with Gasteiger partial charge >= 0.3 is 5.97 Å². The molecule has 0 aromatic carbocycles. The Hall–Kier alpha value is -2.15. The number of anilines is 1. The first-order valence-electron chi connectivity index (χ1n) is 8.38. The zero-order chi connectivity index (χ0) is 18.7. The van der Waals surface area contributed by atoms with E-state index in [1.165, 1.54) is 11.3 Å². The number of amides is 1. The van der Waals surface area contributed by atoms with Crippen LogP contribution >= 0.6 is 11.3 Å². The van der Waals surface area contributed by atoms with Crippen molar-refractivity contribution in [3.05, 3.63) is 33.0 Å². The van der Waals surface area contributed by atoms with E-state index in [-0.39, 0.29) is 18.3 Å². The molecule has 1 N–H and O–H groups in total. The SMILES string of the molecule is CCOC(=O)c1c(NC(=O)Cc2c(C)nn(C)c2C)sc(C)c1CC. The normalized spacial score (nSPS) is 10.8. The molecular weight excluding hydrogens is 338 g/mol. The van der Waals surface area contributed by atoms with Crippen molar-refractivity contribution in [2.45, 2.75) is 47.5 Å². The second kappa shape index (κ2) is 7.82. The molecular formula is C18H25N3O3S. The summed E-state index contributed by atoms with van der Waals surface area (Å²) < 4.78 is 6.94. The van der Waals surface area contributed by atoms with Gasteiger partial charge in [-0.25, -0.2) is 4.79 Å². The highest BCUT2D eigenvalue weighted by Gasteiger charge is 2.24. The van der Waals surface area contributed by atoms with Crippen LogP contribution in [0.25, 0.3) is 0 Å². The molecule has 136 valence electrons. The van der Waals surface area contributed by atoms with E-state index in [4.69, 9.17) is 4.74 Å². The average molecular weight is 363 g/mol. The van der Waals surface area contributed by atoms with Crippen molar-refractivity contribution in [2.24, 2.45) is 7.05 Å². The van der Waals surface area contributed by atoms with E-state index in [1.54, 1.807) is 11.6 Å². The molecule has 25 heavy (non-hydrogen) atoms. The van der Waals surface area contributed by atoms with Crippen LogP contribution in [-0.4, -0.2) is 28.3 Å². The third-order valence-corrected chi connectivity index (χ3v) is 5.35. The predicted octanol–water partition coefficient (Wildman–Crippen LogP) is 3.33. The molecule has 0 saturated heterocycles.